The van der Waals surface area contributed by atoms with Crippen LogP contribution in [-0.4, -0.2) is 25.8 Å². The summed E-state index contributed by atoms with van der Waals surface area (Å²) >= 11 is 12.2. The smallest absolute Gasteiger partial charge is 0.270 e. The number of hydrogen-bond acceptors (Lipinski definition) is 4. The average molecular weight is 462 g/mol. The first-order valence-electron chi connectivity index (χ1n) is 9.94. The van der Waals surface area contributed by atoms with E-state index in [2.05, 4.69) is 31.3 Å². The Morgan fingerprint density at radius 2 is 1.81 bits per heavy atom. The normalized spacial score (nSPS) is 11.2. The van der Waals surface area contributed by atoms with Gasteiger partial charge in [-0.3, -0.25) is 14.8 Å². The molecule has 5 rings (SSSR count). The Morgan fingerprint density at radius 3 is 2.72 bits per heavy atom. The summed E-state index contributed by atoms with van der Waals surface area (Å²) in [6.45, 7) is 0.327. The van der Waals surface area contributed by atoms with E-state index in [0.29, 0.717) is 34.4 Å². The SMILES string of the molecule is O=C(NCc1cnc2[nH]cc(Cl)c2c1)c1cc(Cc2ccc3ncc(Cl)cc3c2)ccn1. The van der Waals surface area contributed by atoms with Crippen LogP contribution in [0.2, 0.25) is 10.0 Å². The second kappa shape index (κ2) is 8.57. The van der Waals surface area contributed by atoms with Gasteiger partial charge in [-0.15, -0.1) is 0 Å². The van der Waals surface area contributed by atoms with Gasteiger partial charge in [0.1, 0.15) is 11.3 Å². The first-order chi connectivity index (χ1) is 15.5. The molecule has 0 aliphatic carbocycles. The minimum Gasteiger partial charge on any atom is -0.347 e. The van der Waals surface area contributed by atoms with E-state index in [4.69, 9.17) is 23.2 Å². The molecule has 1 aromatic carbocycles. The Kier molecular flexibility index (Phi) is 5.47. The van der Waals surface area contributed by atoms with Crippen LogP contribution >= 0.6 is 23.2 Å². The number of H-pyrrole nitrogens is 1. The molecule has 6 nitrogen and oxygen atoms in total. The van der Waals surface area contributed by atoms with Gasteiger partial charge < -0.3 is 10.3 Å². The van der Waals surface area contributed by atoms with Crippen molar-refractivity contribution in [1.82, 2.24) is 25.3 Å². The van der Waals surface area contributed by atoms with E-state index in [0.717, 1.165) is 33.0 Å². The lowest BCUT2D eigenvalue weighted by molar-refractivity contribution is 0.0946. The lowest BCUT2D eigenvalue weighted by Crippen LogP contribution is -2.24. The number of benzene rings is 1. The lowest BCUT2D eigenvalue weighted by atomic mass is 10.0. The summed E-state index contributed by atoms with van der Waals surface area (Å²) in [5.74, 6) is -0.249. The summed E-state index contributed by atoms with van der Waals surface area (Å²) in [5, 5.41) is 5.90. The van der Waals surface area contributed by atoms with Gasteiger partial charge in [-0.05, 0) is 59.5 Å². The first-order valence-corrected chi connectivity index (χ1v) is 10.7. The molecular formula is C24H17Cl2N5O. The van der Waals surface area contributed by atoms with E-state index in [1.165, 1.54) is 0 Å². The Morgan fingerprint density at radius 1 is 0.938 bits per heavy atom. The van der Waals surface area contributed by atoms with E-state index >= 15 is 0 Å². The molecule has 32 heavy (non-hydrogen) atoms. The number of aromatic nitrogens is 4. The van der Waals surface area contributed by atoms with Crippen LogP contribution in [0, 0.1) is 0 Å². The third-order valence-electron chi connectivity index (χ3n) is 5.17. The van der Waals surface area contributed by atoms with Crippen LogP contribution in [-0.2, 0) is 13.0 Å². The number of carbonyl (C=O) groups is 1. The number of hydrogen-bond donors (Lipinski definition) is 2. The summed E-state index contributed by atoms with van der Waals surface area (Å²) in [4.78, 5) is 28.5. The van der Waals surface area contributed by atoms with Crippen molar-refractivity contribution in [2.45, 2.75) is 13.0 Å². The van der Waals surface area contributed by atoms with Gasteiger partial charge in [0, 0.05) is 42.1 Å². The van der Waals surface area contributed by atoms with Gasteiger partial charge in [-0.2, -0.15) is 0 Å². The molecule has 0 spiro atoms. The monoisotopic (exact) mass is 461 g/mol. The molecule has 0 unspecified atom stereocenters. The summed E-state index contributed by atoms with van der Waals surface area (Å²) in [5.41, 5.74) is 4.91. The molecule has 4 aromatic heterocycles. The highest BCUT2D eigenvalue weighted by Gasteiger charge is 2.10. The second-order valence-electron chi connectivity index (χ2n) is 7.47. The highest BCUT2D eigenvalue weighted by atomic mass is 35.5. The number of carbonyl (C=O) groups excluding carboxylic acids is 1. The molecule has 0 saturated heterocycles. The predicted octanol–water partition coefficient (Wildman–Crippen LogP) is 5.33. The maximum Gasteiger partial charge on any atom is 0.270 e. The second-order valence-corrected chi connectivity index (χ2v) is 8.31. The zero-order valence-corrected chi connectivity index (χ0v) is 18.3. The van der Waals surface area contributed by atoms with Crippen LogP contribution in [0.3, 0.4) is 0 Å². The van der Waals surface area contributed by atoms with Crippen molar-refractivity contribution in [2.24, 2.45) is 0 Å². The van der Waals surface area contributed by atoms with E-state index in [1.807, 2.05) is 30.3 Å². The molecule has 8 heteroatoms. The van der Waals surface area contributed by atoms with Gasteiger partial charge in [-0.1, -0.05) is 29.3 Å². The summed E-state index contributed by atoms with van der Waals surface area (Å²) in [7, 11) is 0. The molecule has 0 radical (unpaired) electrons. The van der Waals surface area contributed by atoms with Crippen molar-refractivity contribution < 1.29 is 4.79 Å². The molecule has 0 atom stereocenters. The zero-order chi connectivity index (χ0) is 22.1. The summed E-state index contributed by atoms with van der Waals surface area (Å²) in [6, 6.07) is 13.6. The largest absolute Gasteiger partial charge is 0.347 e. The molecule has 0 fully saturated rings. The maximum atomic E-state index is 12.7. The van der Waals surface area contributed by atoms with Crippen molar-refractivity contribution >= 4 is 51.0 Å². The first kappa shape index (κ1) is 20.4. The molecule has 4 heterocycles. The van der Waals surface area contributed by atoms with Crippen molar-refractivity contribution in [1.29, 1.82) is 0 Å². The van der Waals surface area contributed by atoms with Crippen LogP contribution in [0.5, 0.6) is 0 Å². The van der Waals surface area contributed by atoms with Crippen LogP contribution in [0.15, 0.2) is 67.3 Å². The Hall–Kier alpha value is -3.48. The van der Waals surface area contributed by atoms with Gasteiger partial charge in [0.2, 0.25) is 0 Å². The fourth-order valence-electron chi connectivity index (χ4n) is 3.59. The van der Waals surface area contributed by atoms with Crippen LogP contribution in [0.25, 0.3) is 21.9 Å². The van der Waals surface area contributed by atoms with Crippen molar-refractivity contribution in [2.75, 3.05) is 0 Å². The molecular weight excluding hydrogens is 445 g/mol. The minimum atomic E-state index is -0.249. The van der Waals surface area contributed by atoms with Gasteiger partial charge in [-0.25, -0.2) is 4.98 Å². The van der Waals surface area contributed by atoms with Gasteiger partial charge >= 0.3 is 0 Å². The third-order valence-corrected chi connectivity index (χ3v) is 5.69. The number of nitrogens with one attached hydrogen (secondary N) is 2. The fourth-order valence-corrected chi connectivity index (χ4v) is 3.96. The number of pyridine rings is 3. The molecule has 0 aliphatic rings. The number of amides is 1. The zero-order valence-electron chi connectivity index (χ0n) is 16.8. The third kappa shape index (κ3) is 4.28. The summed E-state index contributed by atoms with van der Waals surface area (Å²) in [6.07, 6.45) is 7.35. The Labute approximate surface area is 193 Å². The Bertz CT molecular complexity index is 1460. The van der Waals surface area contributed by atoms with Crippen LogP contribution in [0.1, 0.15) is 27.2 Å². The highest BCUT2D eigenvalue weighted by Crippen LogP contribution is 2.22. The van der Waals surface area contributed by atoms with E-state index in [-0.39, 0.29) is 5.91 Å². The molecule has 0 aliphatic heterocycles. The highest BCUT2D eigenvalue weighted by molar-refractivity contribution is 6.35. The molecule has 158 valence electrons. The van der Waals surface area contributed by atoms with Crippen molar-refractivity contribution in [3.05, 3.63) is 99.7 Å². The Balaban J connectivity index is 1.29. The fraction of sp³-hybridized carbons (Fsp3) is 0.0833. The number of halogens is 2. The van der Waals surface area contributed by atoms with E-state index in [1.54, 1.807) is 30.9 Å². The standard InChI is InChI=1S/C24H17Cl2N5O/c25-18-9-17-6-14(1-2-21(17)28-12-18)5-15-3-4-27-22(8-15)24(32)31-11-16-7-19-20(26)13-30-23(19)29-10-16/h1-4,6-10,12-13H,5,11H2,(H,29,30)(H,31,32). The molecule has 0 bridgehead atoms. The average Bonchev–Trinajstić information content (AvgIpc) is 3.17. The van der Waals surface area contributed by atoms with E-state index in [9.17, 15) is 4.79 Å². The predicted molar refractivity (Wildman–Crippen MR) is 126 cm³/mol. The number of nitrogens with zero attached hydrogens (tertiary/aromatic N) is 3. The molecule has 0 saturated carbocycles. The quantitative estimate of drug-likeness (QED) is 0.370. The van der Waals surface area contributed by atoms with Crippen molar-refractivity contribution in [3.8, 4) is 0 Å². The van der Waals surface area contributed by atoms with Crippen LogP contribution in [0.4, 0.5) is 0 Å². The lowest BCUT2D eigenvalue weighted by Gasteiger charge is -2.08. The number of aromatic amines is 1. The molecule has 2 N–H and O–H groups in total. The maximum absolute atomic E-state index is 12.7. The number of fused-ring (bicyclic) bond motifs is 2. The van der Waals surface area contributed by atoms with Crippen molar-refractivity contribution in [3.63, 3.8) is 0 Å². The number of rotatable bonds is 5. The van der Waals surface area contributed by atoms with E-state index < -0.39 is 0 Å². The molecule has 5 aromatic rings. The van der Waals surface area contributed by atoms with Crippen LogP contribution < -0.4 is 5.32 Å². The molecule has 1 amide bonds. The van der Waals surface area contributed by atoms with Gasteiger partial charge in [0.05, 0.1) is 15.6 Å². The topological polar surface area (TPSA) is 83.6 Å². The minimum absolute atomic E-state index is 0.249. The van der Waals surface area contributed by atoms with Gasteiger partial charge in [0.15, 0.2) is 0 Å². The summed E-state index contributed by atoms with van der Waals surface area (Å²) < 4.78 is 0. The van der Waals surface area contributed by atoms with Gasteiger partial charge in [0.25, 0.3) is 5.91 Å².